The second-order valence-corrected chi connectivity index (χ2v) is 7.80. The van der Waals surface area contributed by atoms with Gasteiger partial charge in [0, 0.05) is 24.3 Å². The number of rotatable bonds is 10. The first-order chi connectivity index (χ1) is 10.5. The number of carbonyl (C=O) groups excluding carboxylic acids is 2. The van der Waals surface area contributed by atoms with Crippen LogP contribution in [0.5, 0.6) is 0 Å². The lowest BCUT2D eigenvalue weighted by Crippen LogP contribution is -2.22. The Balaban J connectivity index is 2.04. The number of carboxylic acids is 1. The zero-order valence-electron chi connectivity index (χ0n) is 12.6. The Hall–Kier alpha value is -0.890. The molecular weight excluding hydrogens is 328 g/mol. The van der Waals surface area contributed by atoms with Crippen LogP contribution in [0.25, 0.3) is 0 Å². The van der Waals surface area contributed by atoms with Crippen molar-refractivity contribution in [1.82, 2.24) is 0 Å². The minimum Gasteiger partial charge on any atom is -0.481 e. The number of unbranched alkanes of at least 4 members (excludes halogenated alkanes) is 1. The van der Waals surface area contributed by atoms with Gasteiger partial charge in [-0.1, -0.05) is 28.0 Å². The molecular formula is C14H22O6S2. The molecule has 1 aliphatic rings. The summed E-state index contributed by atoms with van der Waals surface area (Å²) in [5, 5.41) is 9.15. The fourth-order valence-corrected chi connectivity index (χ4v) is 4.95. The van der Waals surface area contributed by atoms with Gasteiger partial charge >= 0.3 is 17.9 Å². The van der Waals surface area contributed by atoms with Gasteiger partial charge in [0.25, 0.3) is 0 Å². The van der Waals surface area contributed by atoms with Gasteiger partial charge in [-0.2, -0.15) is 0 Å². The van der Waals surface area contributed by atoms with Crippen molar-refractivity contribution >= 4 is 39.5 Å². The molecule has 1 unspecified atom stereocenters. The first kappa shape index (κ1) is 19.2. The van der Waals surface area contributed by atoms with Crippen molar-refractivity contribution in [3.63, 3.8) is 0 Å². The zero-order valence-corrected chi connectivity index (χ0v) is 14.2. The van der Waals surface area contributed by atoms with Gasteiger partial charge in [-0.25, -0.2) is 0 Å². The molecule has 0 spiro atoms. The first-order valence-electron chi connectivity index (χ1n) is 7.36. The van der Waals surface area contributed by atoms with E-state index in [4.69, 9.17) is 14.6 Å². The van der Waals surface area contributed by atoms with Gasteiger partial charge in [0.1, 0.15) is 0 Å². The predicted molar refractivity (Wildman–Crippen MR) is 85.4 cm³/mol. The maximum absolute atomic E-state index is 11.6. The molecule has 0 aromatic carbocycles. The molecule has 0 aliphatic carbocycles. The minimum absolute atomic E-state index is 0.228. The second-order valence-electron chi connectivity index (χ2n) is 5.02. The number of aliphatic carboxylic acids is 1. The van der Waals surface area contributed by atoms with Crippen LogP contribution in [-0.2, 0) is 23.9 Å². The van der Waals surface area contributed by atoms with Crippen molar-refractivity contribution in [2.75, 3.05) is 5.75 Å². The summed E-state index contributed by atoms with van der Waals surface area (Å²) in [6, 6.07) is 0. The van der Waals surface area contributed by atoms with E-state index in [1.54, 1.807) is 0 Å². The number of carboxylic acid groups (broad SMARTS) is 1. The topological polar surface area (TPSA) is 89.9 Å². The lowest BCUT2D eigenvalue weighted by molar-refractivity contribution is -0.185. The van der Waals surface area contributed by atoms with E-state index in [2.05, 4.69) is 0 Å². The maximum Gasteiger partial charge on any atom is 0.309 e. The Kier molecular flexibility index (Phi) is 9.38. The van der Waals surface area contributed by atoms with Crippen LogP contribution in [-0.4, -0.2) is 40.3 Å². The summed E-state index contributed by atoms with van der Waals surface area (Å²) in [5.74, 6) is -0.937. The Morgan fingerprint density at radius 1 is 1.14 bits per heavy atom. The van der Waals surface area contributed by atoms with Crippen molar-refractivity contribution in [2.24, 2.45) is 0 Å². The molecule has 22 heavy (non-hydrogen) atoms. The fraction of sp³-hybridized carbons (Fsp3) is 0.786. The molecule has 0 bridgehead atoms. The zero-order chi connectivity index (χ0) is 16.4. The smallest absolute Gasteiger partial charge is 0.309 e. The molecule has 0 aromatic heterocycles. The molecule has 0 radical (unpaired) electrons. The molecule has 0 aromatic rings. The van der Waals surface area contributed by atoms with Crippen molar-refractivity contribution in [3.05, 3.63) is 0 Å². The summed E-state index contributed by atoms with van der Waals surface area (Å²) >= 11 is 0. The third-order valence-corrected chi connectivity index (χ3v) is 6.03. The van der Waals surface area contributed by atoms with Crippen LogP contribution in [0.15, 0.2) is 0 Å². The van der Waals surface area contributed by atoms with Gasteiger partial charge in [0.05, 0.1) is 12.8 Å². The summed E-state index contributed by atoms with van der Waals surface area (Å²) in [5.41, 5.74) is 0. The molecule has 6 nitrogen and oxygen atoms in total. The number of esters is 2. The highest BCUT2D eigenvalue weighted by Crippen LogP contribution is 2.39. The molecule has 0 amide bonds. The predicted octanol–water partition coefficient (Wildman–Crippen LogP) is 3.00. The van der Waals surface area contributed by atoms with Crippen LogP contribution in [0.3, 0.4) is 0 Å². The third kappa shape index (κ3) is 9.19. The van der Waals surface area contributed by atoms with E-state index in [-0.39, 0.29) is 12.8 Å². The summed E-state index contributed by atoms with van der Waals surface area (Å²) in [4.78, 5) is 33.2. The highest BCUT2D eigenvalue weighted by molar-refractivity contribution is 8.77. The highest BCUT2D eigenvalue weighted by atomic mass is 33.1. The van der Waals surface area contributed by atoms with Gasteiger partial charge in [-0.15, -0.1) is 0 Å². The molecule has 1 aliphatic heterocycles. The lowest BCUT2D eigenvalue weighted by Gasteiger charge is -2.14. The number of hydrogen-bond donors (Lipinski definition) is 1. The summed E-state index contributed by atoms with van der Waals surface area (Å²) < 4.78 is 9.77. The molecule has 126 valence electrons. The van der Waals surface area contributed by atoms with Crippen LogP contribution in [0.1, 0.15) is 51.9 Å². The van der Waals surface area contributed by atoms with Gasteiger partial charge < -0.3 is 14.6 Å². The SMILES string of the molecule is CC(OC(=O)CCCC[C@@H]1CCSS1)OC(=O)CCC(=O)O. The number of ether oxygens (including phenoxy) is 2. The minimum atomic E-state index is -1.07. The number of carbonyl (C=O) groups is 3. The first-order valence-corrected chi connectivity index (χ1v) is 9.74. The summed E-state index contributed by atoms with van der Waals surface area (Å²) in [6.07, 6.45) is 2.91. The maximum atomic E-state index is 11.6. The molecule has 1 saturated heterocycles. The summed E-state index contributed by atoms with van der Waals surface area (Å²) in [7, 11) is 3.83. The quantitative estimate of drug-likeness (QED) is 0.278. The lowest BCUT2D eigenvalue weighted by atomic mass is 10.1. The average molecular weight is 350 g/mol. The molecule has 1 N–H and O–H groups in total. The molecule has 0 saturated carbocycles. The fourth-order valence-electron chi connectivity index (χ4n) is 1.93. The summed E-state index contributed by atoms with van der Waals surface area (Å²) in [6.45, 7) is 1.45. The normalized spacial score (nSPS) is 18.7. The Morgan fingerprint density at radius 2 is 1.82 bits per heavy atom. The van der Waals surface area contributed by atoms with Crippen LogP contribution in [0.4, 0.5) is 0 Å². The van der Waals surface area contributed by atoms with Crippen molar-refractivity contribution in [1.29, 1.82) is 0 Å². The van der Waals surface area contributed by atoms with E-state index in [9.17, 15) is 14.4 Å². The molecule has 8 heteroatoms. The molecule has 1 rings (SSSR count). The average Bonchev–Trinajstić information content (AvgIpc) is 2.94. The molecule has 1 fully saturated rings. The molecule has 2 atom stereocenters. The third-order valence-electron chi connectivity index (χ3n) is 3.02. The van der Waals surface area contributed by atoms with E-state index in [0.29, 0.717) is 11.7 Å². The Bertz CT molecular complexity index is 382. The van der Waals surface area contributed by atoms with Crippen molar-refractivity contribution < 1.29 is 29.0 Å². The van der Waals surface area contributed by atoms with Crippen LogP contribution in [0.2, 0.25) is 0 Å². The number of hydrogen-bond acceptors (Lipinski definition) is 7. The van der Waals surface area contributed by atoms with Crippen molar-refractivity contribution in [2.45, 2.75) is 63.4 Å². The van der Waals surface area contributed by atoms with Crippen molar-refractivity contribution in [3.8, 4) is 0 Å². The second kappa shape index (κ2) is 10.8. The van der Waals surface area contributed by atoms with E-state index in [1.165, 1.54) is 19.1 Å². The van der Waals surface area contributed by atoms with Crippen LogP contribution in [0, 0.1) is 0 Å². The largest absolute Gasteiger partial charge is 0.481 e. The standard InChI is InChI=1S/C14H22O6S2/c1-10(20-14(18)7-6-12(15)16)19-13(17)5-3-2-4-11-8-9-21-22-11/h10-11H,2-9H2,1H3,(H,15,16)/t10?,11-/m1/s1. The van der Waals surface area contributed by atoms with E-state index >= 15 is 0 Å². The molecule has 1 heterocycles. The van der Waals surface area contributed by atoms with E-state index in [1.807, 2.05) is 21.6 Å². The monoisotopic (exact) mass is 350 g/mol. The van der Waals surface area contributed by atoms with E-state index in [0.717, 1.165) is 19.3 Å². The van der Waals surface area contributed by atoms with Gasteiger partial charge in [-0.3, -0.25) is 14.4 Å². The Morgan fingerprint density at radius 3 is 2.41 bits per heavy atom. The van der Waals surface area contributed by atoms with Crippen LogP contribution < -0.4 is 0 Å². The van der Waals surface area contributed by atoms with E-state index < -0.39 is 24.2 Å². The Labute approximate surface area is 138 Å². The van der Waals surface area contributed by atoms with Crippen LogP contribution >= 0.6 is 21.6 Å². The van der Waals surface area contributed by atoms with Gasteiger partial charge in [0.2, 0.25) is 6.29 Å². The van der Waals surface area contributed by atoms with Gasteiger partial charge in [0.15, 0.2) is 0 Å². The van der Waals surface area contributed by atoms with Gasteiger partial charge in [-0.05, 0) is 19.3 Å². The highest BCUT2D eigenvalue weighted by Gasteiger charge is 2.17.